The summed E-state index contributed by atoms with van der Waals surface area (Å²) < 4.78 is 5.36. The number of nitrogens with one attached hydrogen (secondary N) is 1. The summed E-state index contributed by atoms with van der Waals surface area (Å²) in [5.41, 5.74) is -1.28. The van der Waals surface area contributed by atoms with Crippen molar-refractivity contribution >= 4 is 18.0 Å². The lowest BCUT2D eigenvalue weighted by molar-refractivity contribution is -0.152. The molecule has 0 spiro atoms. The van der Waals surface area contributed by atoms with E-state index in [0.717, 1.165) is 0 Å². The smallest absolute Gasteiger partial charge is 0.408 e. The molecule has 1 saturated heterocycles. The van der Waals surface area contributed by atoms with Crippen molar-refractivity contribution < 1.29 is 24.2 Å². The molecule has 2 N–H and O–H groups in total. The summed E-state index contributed by atoms with van der Waals surface area (Å²) >= 11 is 0. The highest BCUT2D eigenvalue weighted by Gasteiger charge is 2.66. The molecular formula is C23H34N2O5. The number of carboxylic acids is 1. The van der Waals surface area contributed by atoms with Gasteiger partial charge in [0.1, 0.15) is 17.7 Å². The first-order valence-electron chi connectivity index (χ1n) is 11.0. The number of carboxylic acid groups (broad SMARTS) is 1. The molecule has 4 aliphatic carbocycles. The first-order chi connectivity index (χ1) is 13.8. The van der Waals surface area contributed by atoms with Crippen LogP contribution in [0, 0.1) is 40.9 Å². The molecule has 5 aliphatic rings. The van der Waals surface area contributed by atoms with Gasteiger partial charge in [0.15, 0.2) is 0 Å². The van der Waals surface area contributed by atoms with Crippen LogP contribution in [0.3, 0.4) is 0 Å². The summed E-state index contributed by atoms with van der Waals surface area (Å²) in [6.45, 7) is 11.3. The molecule has 1 aliphatic heterocycles. The van der Waals surface area contributed by atoms with Crippen LogP contribution in [-0.2, 0) is 14.3 Å². The summed E-state index contributed by atoms with van der Waals surface area (Å²) in [4.78, 5) is 39.9. The van der Waals surface area contributed by atoms with Crippen molar-refractivity contribution in [1.29, 1.82) is 0 Å². The van der Waals surface area contributed by atoms with Crippen molar-refractivity contribution in [3.63, 3.8) is 0 Å². The number of aliphatic carboxylic acids is 1. The highest BCUT2D eigenvalue weighted by Crippen LogP contribution is 2.66. The summed E-state index contributed by atoms with van der Waals surface area (Å²) in [6, 6.07) is -1.71. The number of hydrogen-bond acceptors (Lipinski definition) is 4. The Kier molecular flexibility index (Phi) is 4.75. The zero-order valence-corrected chi connectivity index (χ0v) is 18.7. The molecule has 5 rings (SSSR count). The first-order valence-corrected chi connectivity index (χ1v) is 11.0. The van der Waals surface area contributed by atoms with Crippen molar-refractivity contribution in [1.82, 2.24) is 10.2 Å². The molecule has 8 atom stereocenters. The molecule has 166 valence electrons. The third-order valence-corrected chi connectivity index (χ3v) is 7.29. The van der Waals surface area contributed by atoms with Gasteiger partial charge in [-0.1, -0.05) is 32.9 Å². The molecule has 7 nitrogen and oxygen atoms in total. The van der Waals surface area contributed by atoms with Crippen LogP contribution in [0.1, 0.15) is 48.0 Å². The van der Waals surface area contributed by atoms with Crippen molar-refractivity contribution in [2.24, 2.45) is 40.9 Å². The fourth-order valence-electron chi connectivity index (χ4n) is 6.08. The van der Waals surface area contributed by atoms with E-state index in [1.54, 1.807) is 20.8 Å². The van der Waals surface area contributed by atoms with Crippen molar-refractivity contribution in [3.8, 4) is 0 Å². The molecule has 30 heavy (non-hydrogen) atoms. The minimum Gasteiger partial charge on any atom is -0.480 e. The Morgan fingerprint density at radius 3 is 2.20 bits per heavy atom. The number of nitrogens with zero attached hydrogens (tertiary/aromatic N) is 1. The molecule has 0 radical (unpaired) electrons. The molecule has 1 unspecified atom stereocenters. The maximum atomic E-state index is 13.6. The van der Waals surface area contributed by atoms with Gasteiger partial charge in [-0.05, 0) is 62.2 Å². The van der Waals surface area contributed by atoms with Crippen LogP contribution in [0.25, 0.3) is 0 Å². The van der Waals surface area contributed by atoms with Gasteiger partial charge in [-0.25, -0.2) is 9.59 Å². The van der Waals surface area contributed by atoms with Gasteiger partial charge in [0.05, 0.1) is 0 Å². The zero-order chi connectivity index (χ0) is 22.2. The van der Waals surface area contributed by atoms with E-state index in [-0.39, 0.29) is 23.7 Å². The van der Waals surface area contributed by atoms with E-state index in [0.29, 0.717) is 24.3 Å². The van der Waals surface area contributed by atoms with Crippen molar-refractivity contribution in [2.45, 2.75) is 65.6 Å². The standard InChI is InChI=1S/C23H34N2O5/c1-22(2,3)18(24-21(29)30-23(4,5)6)19(26)25-10-15-11-7-8-12(14-9-13(11)14)16(15)17(25)20(27)28/h7-8,11-18H,9-10H2,1-6H3,(H,24,29)(H,27,28)/t11-,12+,13+,14-,15-,16+,17?,18-/m1/s1. The Morgan fingerprint density at radius 1 is 1.03 bits per heavy atom. The minimum atomic E-state index is -0.945. The first kappa shape index (κ1) is 21.2. The van der Waals surface area contributed by atoms with Gasteiger partial charge in [0, 0.05) is 12.5 Å². The van der Waals surface area contributed by atoms with E-state index >= 15 is 0 Å². The Morgan fingerprint density at radius 2 is 1.63 bits per heavy atom. The number of alkyl carbamates (subject to hydrolysis) is 1. The van der Waals surface area contributed by atoms with Gasteiger partial charge in [0.25, 0.3) is 0 Å². The van der Waals surface area contributed by atoms with Gasteiger partial charge in [-0.15, -0.1) is 0 Å². The van der Waals surface area contributed by atoms with Crippen LogP contribution in [0.15, 0.2) is 12.2 Å². The van der Waals surface area contributed by atoms with Crippen molar-refractivity contribution in [2.75, 3.05) is 6.54 Å². The summed E-state index contributed by atoms with van der Waals surface area (Å²) in [7, 11) is 0. The Balaban J connectivity index is 1.58. The van der Waals surface area contributed by atoms with Crippen molar-refractivity contribution in [3.05, 3.63) is 12.2 Å². The number of carbonyl (C=O) groups is 3. The highest BCUT2D eigenvalue weighted by atomic mass is 16.6. The van der Waals surface area contributed by atoms with E-state index < -0.39 is 35.2 Å². The van der Waals surface area contributed by atoms with Gasteiger partial charge in [0.2, 0.25) is 5.91 Å². The molecule has 0 aromatic carbocycles. The SMILES string of the molecule is CC(C)(C)OC(=O)N[C@H](C(=O)N1C[C@@H]2[C@@H]3C=C[C@@H]([C@H]4C[C@@H]34)[C@@H]2C1C(=O)O)C(C)(C)C. The van der Waals surface area contributed by atoms with E-state index in [1.807, 2.05) is 20.8 Å². The number of likely N-dealkylation sites (tertiary alicyclic amines) is 1. The van der Waals surface area contributed by atoms with Crippen LogP contribution < -0.4 is 5.32 Å². The Hall–Kier alpha value is -2.05. The van der Waals surface area contributed by atoms with Crippen LogP contribution in [0.4, 0.5) is 4.79 Å². The van der Waals surface area contributed by atoms with E-state index in [2.05, 4.69) is 17.5 Å². The molecule has 7 heteroatoms. The van der Waals surface area contributed by atoms with Gasteiger partial charge in [-0.3, -0.25) is 4.79 Å². The summed E-state index contributed by atoms with van der Waals surface area (Å²) in [5, 5.41) is 12.8. The normalized spacial score (nSPS) is 37.3. The third-order valence-electron chi connectivity index (χ3n) is 7.29. The molecular weight excluding hydrogens is 384 g/mol. The predicted molar refractivity (Wildman–Crippen MR) is 110 cm³/mol. The number of allylic oxidation sites excluding steroid dienone is 2. The van der Waals surface area contributed by atoms with E-state index in [9.17, 15) is 19.5 Å². The molecule has 3 fully saturated rings. The molecule has 1 heterocycles. The third kappa shape index (κ3) is 3.50. The minimum absolute atomic E-state index is 0.0349. The lowest BCUT2D eigenvalue weighted by atomic mass is 9.62. The van der Waals surface area contributed by atoms with E-state index in [1.165, 1.54) is 11.3 Å². The Bertz CT molecular complexity index is 792. The highest BCUT2D eigenvalue weighted by molar-refractivity contribution is 5.90. The van der Waals surface area contributed by atoms with Gasteiger partial charge in [-0.2, -0.15) is 0 Å². The van der Waals surface area contributed by atoms with E-state index in [4.69, 9.17) is 4.74 Å². The van der Waals surface area contributed by atoms with Crippen LogP contribution >= 0.6 is 0 Å². The second kappa shape index (κ2) is 6.72. The Labute approximate surface area is 178 Å². The number of hydrogen-bond donors (Lipinski definition) is 2. The quantitative estimate of drug-likeness (QED) is 0.687. The average Bonchev–Trinajstić information content (AvgIpc) is 3.30. The number of amides is 2. The summed E-state index contributed by atoms with van der Waals surface area (Å²) in [5.74, 6) is 0.735. The second-order valence-electron chi connectivity index (χ2n) is 11.6. The zero-order valence-electron chi connectivity index (χ0n) is 18.7. The maximum absolute atomic E-state index is 13.6. The molecule has 0 aromatic heterocycles. The number of carbonyl (C=O) groups excluding carboxylic acids is 2. The lowest BCUT2D eigenvalue weighted by Gasteiger charge is -2.41. The largest absolute Gasteiger partial charge is 0.480 e. The maximum Gasteiger partial charge on any atom is 0.408 e. The monoisotopic (exact) mass is 418 g/mol. The van der Waals surface area contributed by atoms with Crippen LogP contribution in [0.2, 0.25) is 0 Å². The predicted octanol–water partition coefficient (Wildman–Crippen LogP) is 2.91. The van der Waals surface area contributed by atoms with Crippen LogP contribution in [0.5, 0.6) is 0 Å². The number of rotatable bonds is 3. The van der Waals surface area contributed by atoms with Gasteiger partial charge >= 0.3 is 12.1 Å². The van der Waals surface area contributed by atoms with Crippen LogP contribution in [-0.4, -0.2) is 52.2 Å². The average molecular weight is 419 g/mol. The topological polar surface area (TPSA) is 95.9 Å². The fourth-order valence-corrected chi connectivity index (χ4v) is 6.08. The van der Waals surface area contributed by atoms with Gasteiger partial charge < -0.3 is 20.1 Å². The molecule has 2 saturated carbocycles. The summed E-state index contributed by atoms with van der Waals surface area (Å²) in [6.07, 6.45) is 4.97. The number of ether oxygens (including phenoxy) is 1. The molecule has 0 aromatic rings. The molecule has 2 amide bonds. The molecule has 2 bridgehead atoms. The second-order valence-corrected chi connectivity index (χ2v) is 11.6. The lowest BCUT2D eigenvalue weighted by Crippen LogP contribution is -2.58. The fraction of sp³-hybridized carbons (Fsp3) is 0.783.